The van der Waals surface area contributed by atoms with Crippen LogP contribution in [0.1, 0.15) is 64.8 Å². The Hall–Kier alpha value is -4.31. The fourth-order valence-corrected chi connectivity index (χ4v) is 7.64. The van der Waals surface area contributed by atoms with Crippen molar-refractivity contribution in [3.8, 4) is 0 Å². The third-order valence-corrected chi connectivity index (χ3v) is 9.73. The number of carbonyl (C=O) groups is 2. The lowest BCUT2D eigenvalue weighted by molar-refractivity contribution is -0.384. The minimum atomic E-state index is -4.10. The van der Waals surface area contributed by atoms with Crippen LogP contribution < -0.4 is 10.2 Å². The first-order valence-corrected chi connectivity index (χ1v) is 16.8. The number of halogens is 2. The predicted molar refractivity (Wildman–Crippen MR) is 170 cm³/mol. The van der Waals surface area contributed by atoms with Gasteiger partial charge in [-0.2, -0.15) is 0 Å². The van der Waals surface area contributed by atoms with Crippen molar-refractivity contribution in [1.82, 2.24) is 20.1 Å². The average molecular weight is 704 g/mol. The summed E-state index contributed by atoms with van der Waals surface area (Å²) in [5, 5.41) is 15.4. The van der Waals surface area contributed by atoms with Crippen LogP contribution in [0.2, 0.25) is 10.0 Å². The molecule has 2 N–H and O–H groups in total. The SMILES string of the molecule is [N-]=[N+]=NCS(=O)(=O)N[C@H]1CCCC[C@@H]1N1C(=O)c2ccc([N+](=O)[O-])cc2[C@@H](C(=O)NOCc2ccccn2)[C@@H]1c1ccc(Cl)cc1Cl. The van der Waals surface area contributed by atoms with E-state index in [9.17, 15) is 28.1 Å². The van der Waals surface area contributed by atoms with E-state index >= 15 is 0 Å². The number of hydroxylamine groups is 1. The zero-order chi connectivity index (χ0) is 33.7. The molecular formula is C29H28Cl2N8O7S. The number of fused-ring (bicyclic) bond motifs is 1. The molecule has 5 rings (SSSR count). The highest BCUT2D eigenvalue weighted by atomic mass is 35.5. The number of hydrogen-bond acceptors (Lipinski definition) is 9. The molecule has 15 nitrogen and oxygen atoms in total. The molecule has 0 bridgehead atoms. The number of amides is 2. The van der Waals surface area contributed by atoms with Gasteiger partial charge in [0, 0.05) is 50.9 Å². The molecule has 2 aliphatic rings. The molecule has 1 saturated carbocycles. The number of benzene rings is 2. The molecule has 2 heterocycles. The lowest BCUT2D eigenvalue weighted by atomic mass is 9.76. The Morgan fingerprint density at radius 3 is 2.64 bits per heavy atom. The van der Waals surface area contributed by atoms with Crippen LogP contribution in [-0.4, -0.2) is 53.0 Å². The van der Waals surface area contributed by atoms with Gasteiger partial charge in [-0.25, -0.2) is 18.6 Å². The molecule has 2 aromatic carbocycles. The van der Waals surface area contributed by atoms with Crippen molar-refractivity contribution < 1.29 is 27.8 Å². The first-order valence-electron chi connectivity index (χ1n) is 14.4. The second kappa shape index (κ2) is 14.6. The van der Waals surface area contributed by atoms with Gasteiger partial charge in [-0.1, -0.05) is 53.3 Å². The number of sulfonamides is 1. The van der Waals surface area contributed by atoms with Crippen molar-refractivity contribution >= 4 is 50.7 Å². The van der Waals surface area contributed by atoms with Crippen LogP contribution in [-0.2, 0) is 26.3 Å². The molecule has 1 aliphatic heterocycles. The Morgan fingerprint density at radius 2 is 1.94 bits per heavy atom. The van der Waals surface area contributed by atoms with Gasteiger partial charge in [-0.15, -0.1) is 0 Å². The van der Waals surface area contributed by atoms with Gasteiger partial charge < -0.3 is 4.90 Å². The zero-order valence-corrected chi connectivity index (χ0v) is 26.9. The number of nitro benzene ring substituents is 1. The zero-order valence-electron chi connectivity index (χ0n) is 24.5. The summed E-state index contributed by atoms with van der Waals surface area (Å²) in [6, 6.07) is 10.5. The summed E-state index contributed by atoms with van der Waals surface area (Å²) in [5.74, 6) is -3.49. The van der Waals surface area contributed by atoms with Gasteiger partial charge in [0.25, 0.3) is 17.5 Å². The van der Waals surface area contributed by atoms with Gasteiger partial charge in [0.15, 0.2) is 0 Å². The van der Waals surface area contributed by atoms with Crippen molar-refractivity contribution in [2.75, 3.05) is 5.88 Å². The van der Waals surface area contributed by atoms with Crippen LogP contribution in [0, 0.1) is 10.1 Å². The molecule has 47 heavy (non-hydrogen) atoms. The van der Waals surface area contributed by atoms with E-state index in [0.29, 0.717) is 36.9 Å². The van der Waals surface area contributed by atoms with E-state index in [-0.39, 0.29) is 33.5 Å². The standard InChI is InChI=1S/C29H28Cl2N8O7S/c30-17-8-10-21(23(31)13-17)27-26(28(40)35-46-15-18-5-3-4-12-33-18)22-14-19(39(42)43)9-11-20(22)29(41)38(27)25-7-2-1-6-24(25)36-47(44,45)16-34-37-32/h3-5,8-14,24-27,36H,1-2,6-7,15-16H2,(H,35,40)/t24-,25-,26+,27-/m0/s1. The van der Waals surface area contributed by atoms with E-state index in [4.69, 9.17) is 33.6 Å². The molecule has 1 fully saturated rings. The molecule has 0 unspecified atom stereocenters. The summed E-state index contributed by atoms with van der Waals surface area (Å²) < 4.78 is 28.3. The number of rotatable bonds is 11. The Kier molecular flexibility index (Phi) is 10.6. The van der Waals surface area contributed by atoms with Crippen molar-refractivity contribution in [3.63, 3.8) is 0 Å². The molecule has 0 spiro atoms. The fraction of sp³-hybridized carbons (Fsp3) is 0.345. The lowest BCUT2D eigenvalue weighted by Gasteiger charge is -2.49. The predicted octanol–water partition coefficient (Wildman–Crippen LogP) is 5.32. The van der Waals surface area contributed by atoms with Crippen LogP contribution in [0.4, 0.5) is 5.69 Å². The normalized spacial score (nSPS) is 21.0. The van der Waals surface area contributed by atoms with Crippen LogP contribution in [0.25, 0.3) is 10.4 Å². The molecule has 1 aliphatic carbocycles. The Morgan fingerprint density at radius 1 is 1.15 bits per heavy atom. The van der Waals surface area contributed by atoms with Crippen LogP contribution in [0.15, 0.2) is 65.9 Å². The number of nitro groups is 1. The van der Waals surface area contributed by atoms with Crippen molar-refractivity contribution in [2.24, 2.45) is 5.11 Å². The van der Waals surface area contributed by atoms with Gasteiger partial charge in [0.1, 0.15) is 12.5 Å². The van der Waals surface area contributed by atoms with Gasteiger partial charge in [-0.05, 0) is 59.8 Å². The molecule has 1 aromatic heterocycles. The lowest BCUT2D eigenvalue weighted by Crippen LogP contribution is -2.59. The van der Waals surface area contributed by atoms with Crippen LogP contribution in [0.5, 0.6) is 0 Å². The quantitative estimate of drug-likeness (QED) is 0.0875. The first-order chi connectivity index (χ1) is 22.5. The second-order valence-electron chi connectivity index (χ2n) is 11.0. The summed E-state index contributed by atoms with van der Waals surface area (Å²) in [7, 11) is -4.10. The number of carbonyl (C=O) groups excluding carboxylic acids is 2. The topological polar surface area (TPSA) is 210 Å². The van der Waals surface area contributed by atoms with Gasteiger partial charge in [0.05, 0.1) is 22.6 Å². The molecule has 246 valence electrons. The third-order valence-electron chi connectivity index (χ3n) is 8.05. The Bertz CT molecular complexity index is 1840. The average Bonchev–Trinajstić information content (AvgIpc) is 3.04. The number of pyridine rings is 1. The number of aromatic nitrogens is 1. The first kappa shape index (κ1) is 34.0. The highest BCUT2D eigenvalue weighted by molar-refractivity contribution is 7.89. The summed E-state index contributed by atoms with van der Waals surface area (Å²) in [6.45, 7) is -0.103. The number of azide groups is 1. The second-order valence-corrected chi connectivity index (χ2v) is 13.5. The van der Waals surface area contributed by atoms with Gasteiger partial charge >= 0.3 is 0 Å². The monoisotopic (exact) mass is 702 g/mol. The maximum atomic E-state index is 14.5. The Balaban J connectivity index is 1.65. The maximum absolute atomic E-state index is 14.5. The molecule has 0 saturated heterocycles. The fourth-order valence-electron chi connectivity index (χ4n) is 6.10. The van der Waals surface area contributed by atoms with Crippen molar-refractivity contribution in [1.29, 1.82) is 0 Å². The highest BCUT2D eigenvalue weighted by Gasteiger charge is 2.50. The van der Waals surface area contributed by atoms with Crippen molar-refractivity contribution in [3.05, 3.63) is 114 Å². The van der Waals surface area contributed by atoms with E-state index in [2.05, 4.69) is 25.2 Å². The van der Waals surface area contributed by atoms with Gasteiger partial charge in [-0.3, -0.25) is 29.5 Å². The largest absolute Gasteiger partial charge is 0.326 e. The smallest absolute Gasteiger partial charge is 0.269 e. The Labute approximate surface area is 279 Å². The van der Waals surface area contributed by atoms with Gasteiger partial charge in [0.2, 0.25) is 10.0 Å². The summed E-state index contributed by atoms with van der Waals surface area (Å²) in [5.41, 5.74) is 11.6. The number of nitrogens with one attached hydrogen (secondary N) is 2. The third kappa shape index (κ3) is 7.64. The molecule has 18 heteroatoms. The minimum Gasteiger partial charge on any atom is -0.326 e. The van der Waals surface area contributed by atoms with E-state index in [1.54, 1.807) is 30.5 Å². The minimum absolute atomic E-state index is 0.0167. The molecule has 2 amide bonds. The summed E-state index contributed by atoms with van der Waals surface area (Å²) in [6.07, 6.45) is 3.49. The maximum Gasteiger partial charge on any atom is 0.269 e. The van der Waals surface area contributed by atoms with Crippen LogP contribution in [0.3, 0.4) is 0 Å². The number of nitrogens with zero attached hydrogens (tertiary/aromatic N) is 6. The molecule has 0 radical (unpaired) electrons. The van der Waals surface area contributed by atoms with E-state index in [1.807, 2.05) is 0 Å². The highest BCUT2D eigenvalue weighted by Crippen LogP contribution is 2.48. The summed E-state index contributed by atoms with van der Waals surface area (Å²) in [4.78, 5) is 53.5. The van der Waals surface area contributed by atoms with E-state index in [0.717, 1.165) is 6.07 Å². The molecular weight excluding hydrogens is 675 g/mol. The van der Waals surface area contributed by atoms with Crippen LogP contribution >= 0.6 is 23.2 Å². The summed E-state index contributed by atoms with van der Waals surface area (Å²) >= 11 is 12.9. The van der Waals surface area contributed by atoms with E-state index < -0.39 is 56.7 Å². The molecule has 3 aromatic rings. The molecule has 4 atom stereocenters. The van der Waals surface area contributed by atoms with E-state index in [1.165, 1.54) is 29.2 Å². The van der Waals surface area contributed by atoms with Crippen molar-refractivity contribution in [2.45, 2.75) is 56.3 Å². The number of hydrogen-bond donors (Lipinski definition) is 2. The number of non-ortho nitro benzene ring substituents is 1.